The number of rotatable bonds is 1. The molecule has 0 N–H and O–H groups in total. The molecule has 0 spiro atoms. The Morgan fingerprint density at radius 3 is 2.38 bits per heavy atom. The molecule has 0 bridgehead atoms. The second-order valence-electron chi connectivity index (χ2n) is 3.22. The van der Waals surface area contributed by atoms with Crippen LogP contribution in [0.2, 0.25) is 0 Å². The fourth-order valence-corrected chi connectivity index (χ4v) is 1.47. The first-order valence-corrected chi connectivity index (χ1v) is 4.34. The summed E-state index contributed by atoms with van der Waals surface area (Å²) in [5.74, 6) is 0.913. The summed E-state index contributed by atoms with van der Waals surface area (Å²) in [6.07, 6.45) is 0. The zero-order valence-corrected chi connectivity index (χ0v) is 7.87. The maximum Gasteiger partial charge on any atom is 0.119 e. The minimum absolute atomic E-state index is 0.913. The molecular weight excluding hydrogens is 160 g/mol. The lowest BCUT2D eigenvalue weighted by Crippen LogP contribution is -1.82. The Morgan fingerprint density at radius 1 is 0.923 bits per heavy atom. The van der Waals surface area contributed by atoms with Crippen LogP contribution in [0.5, 0.6) is 5.75 Å². The minimum Gasteiger partial charge on any atom is -0.497 e. The van der Waals surface area contributed by atoms with Crippen LogP contribution in [0.3, 0.4) is 0 Å². The first kappa shape index (κ1) is 8.11. The van der Waals surface area contributed by atoms with E-state index in [-0.39, 0.29) is 0 Å². The van der Waals surface area contributed by atoms with Gasteiger partial charge in [0, 0.05) is 0 Å². The Balaban J connectivity index is 2.66. The van der Waals surface area contributed by atoms with Gasteiger partial charge >= 0.3 is 0 Å². The molecule has 1 heteroatoms. The zero-order chi connectivity index (χ0) is 9.26. The van der Waals surface area contributed by atoms with Crippen LogP contribution in [0, 0.1) is 6.92 Å². The van der Waals surface area contributed by atoms with Gasteiger partial charge in [-0.3, -0.25) is 0 Å². The van der Waals surface area contributed by atoms with Crippen molar-refractivity contribution in [2.45, 2.75) is 6.92 Å². The molecule has 1 nitrogen and oxygen atoms in total. The fraction of sp³-hybridized carbons (Fsp3) is 0.167. The Kier molecular flexibility index (Phi) is 1.93. The van der Waals surface area contributed by atoms with E-state index in [2.05, 4.69) is 37.3 Å². The molecule has 0 saturated carbocycles. The van der Waals surface area contributed by atoms with Gasteiger partial charge in [-0.2, -0.15) is 0 Å². The molecule has 13 heavy (non-hydrogen) atoms. The summed E-state index contributed by atoms with van der Waals surface area (Å²) in [6, 6.07) is 12.5. The van der Waals surface area contributed by atoms with Gasteiger partial charge in [-0.15, -0.1) is 0 Å². The first-order valence-electron chi connectivity index (χ1n) is 4.34. The van der Waals surface area contributed by atoms with Crippen molar-refractivity contribution in [2.24, 2.45) is 0 Å². The molecule has 0 radical (unpaired) electrons. The van der Waals surface area contributed by atoms with E-state index in [9.17, 15) is 0 Å². The van der Waals surface area contributed by atoms with Gasteiger partial charge in [0.2, 0.25) is 0 Å². The average Bonchev–Trinajstić information content (AvgIpc) is 2.17. The third kappa shape index (κ3) is 1.50. The molecule has 2 aromatic carbocycles. The predicted octanol–water partition coefficient (Wildman–Crippen LogP) is 3.16. The molecule has 0 fully saturated rings. The summed E-state index contributed by atoms with van der Waals surface area (Å²) < 4.78 is 5.15. The van der Waals surface area contributed by atoms with Crippen LogP contribution in [0.25, 0.3) is 10.8 Å². The van der Waals surface area contributed by atoms with Gasteiger partial charge in [-0.1, -0.05) is 29.8 Å². The summed E-state index contributed by atoms with van der Waals surface area (Å²) in [7, 11) is 1.69. The van der Waals surface area contributed by atoms with Gasteiger partial charge in [0.15, 0.2) is 0 Å². The highest BCUT2D eigenvalue weighted by molar-refractivity contribution is 5.84. The van der Waals surface area contributed by atoms with Crippen LogP contribution >= 0.6 is 0 Å². The first-order chi connectivity index (χ1) is 6.29. The fourth-order valence-electron chi connectivity index (χ4n) is 1.47. The number of methoxy groups -OCH3 is 1. The Morgan fingerprint density at radius 2 is 1.62 bits per heavy atom. The number of hydrogen-bond donors (Lipinski definition) is 0. The second kappa shape index (κ2) is 3.09. The van der Waals surface area contributed by atoms with E-state index in [1.807, 2.05) is 6.07 Å². The van der Waals surface area contributed by atoms with Crippen LogP contribution < -0.4 is 4.74 Å². The van der Waals surface area contributed by atoms with Crippen molar-refractivity contribution in [3.05, 3.63) is 42.0 Å². The molecule has 0 saturated heterocycles. The molecule has 0 aliphatic rings. The molecule has 0 aromatic heterocycles. The molecule has 2 aromatic rings. The van der Waals surface area contributed by atoms with Crippen LogP contribution in [-0.4, -0.2) is 7.11 Å². The van der Waals surface area contributed by atoms with Crippen LogP contribution in [-0.2, 0) is 0 Å². The highest BCUT2D eigenvalue weighted by Crippen LogP contribution is 2.21. The summed E-state index contributed by atoms with van der Waals surface area (Å²) in [4.78, 5) is 0. The molecule has 0 unspecified atom stereocenters. The molecular formula is C12H12O. The summed E-state index contributed by atoms with van der Waals surface area (Å²) >= 11 is 0. The third-order valence-corrected chi connectivity index (χ3v) is 2.20. The van der Waals surface area contributed by atoms with Crippen molar-refractivity contribution in [3.63, 3.8) is 0 Å². The summed E-state index contributed by atoms with van der Waals surface area (Å²) in [5.41, 5.74) is 1.29. The quantitative estimate of drug-likeness (QED) is 0.642. The number of aryl methyl sites for hydroxylation is 1. The van der Waals surface area contributed by atoms with Gasteiger partial charge < -0.3 is 4.74 Å². The number of ether oxygens (including phenoxy) is 1. The van der Waals surface area contributed by atoms with E-state index in [1.165, 1.54) is 16.3 Å². The van der Waals surface area contributed by atoms with Gasteiger partial charge in [-0.05, 0) is 29.8 Å². The molecule has 66 valence electrons. The maximum atomic E-state index is 5.15. The van der Waals surface area contributed by atoms with Gasteiger partial charge in [0.1, 0.15) is 5.75 Å². The largest absolute Gasteiger partial charge is 0.497 e. The number of fused-ring (bicyclic) bond motifs is 1. The Labute approximate surface area is 78.0 Å². The number of benzene rings is 2. The molecule has 0 atom stereocenters. The SMILES string of the molecule is COc1ccc2cc(C)ccc2c1. The van der Waals surface area contributed by atoms with Crippen molar-refractivity contribution >= 4 is 10.8 Å². The van der Waals surface area contributed by atoms with Crippen molar-refractivity contribution < 1.29 is 4.74 Å². The van der Waals surface area contributed by atoms with Gasteiger partial charge in [0.05, 0.1) is 7.11 Å². The zero-order valence-electron chi connectivity index (χ0n) is 7.87. The smallest absolute Gasteiger partial charge is 0.119 e. The normalized spacial score (nSPS) is 10.3. The van der Waals surface area contributed by atoms with Crippen molar-refractivity contribution in [2.75, 3.05) is 7.11 Å². The Hall–Kier alpha value is -1.50. The van der Waals surface area contributed by atoms with Crippen molar-refractivity contribution in [3.8, 4) is 5.75 Å². The van der Waals surface area contributed by atoms with Gasteiger partial charge in [0.25, 0.3) is 0 Å². The lowest BCUT2D eigenvalue weighted by molar-refractivity contribution is 0.415. The van der Waals surface area contributed by atoms with Gasteiger partial charge in [-0.25, -0.2) is 0 Å². The number of hydrogen-bond acceptors (Lipinski definition) is 1. The van der Waals surface area contributed by atoms with E-state index in [0.29, 0.717) is 0 Å². The lowest BCUT2D eigenvalue weighted by Gasteiger charge is -2.02. The van der Waals surface area contributed by atoms with E-state index in [1.54, 1.807) is 7.11 Å². The van der Waals surface area contributed by atoms with Crippen LogP contribution in [0.4, 0.5) is 0 Å². The van der Waals surface area contributed by atoms with E-state index >= 15 is 0 Å². The highest BCUT2D eigenvalue weighted by Gasteiger charge is 1.95. The third-order valence-electron chi connectivity index (χ3n) is 2.20. The van der Waals surface area contributed by atoms with E-state index in [0.717, 1.165) is 5.75 Å². The summed E-state index contributed by atoms with van der Waals surface area (Å²) in [6.45, 7) is 2.10. The van der Waals surface area contributed by atoms with E-state index < -0.39 is 0 Å². The molecule has 2 rings (SSSR count). The standard InChI is InChI=1S/C12H12O/c1-9-3-4-11-8-12(13-2)6-5-10(11)7-9/h3-8H,1-2H3. The van der Waals surface area contributed by atoms with Crippen molar-refractivity contribution in [1.82, 2.24) is 0 Å². The highest BCUT2D eigenvalue weighted by atomic mass is 16.5. The van der Waals surface area contributed by atoms with Crippen molar-refractivity contribution in [1.29, 1.82) is 0 Å². The lowest BCUT2D eigenvalue weighted by atomic mass is 10.1. The molecule has 0 heterocycles. The molecule has 0 aliphatic carbocycles. The molecule has 0 aliphatic heterocycles. The van der Waals surface area contributed by atoms with E-state index in [4.69, 9.17) is 4.74 Å². The maximum absolute atomic E-state index is 5.15. The monoisotopic (exact) mass is 172 g/mol. The predicted molar refractivity (Wildman–Crippen MR) is 55.2 cm³/mol. The Bertz CT molecular complexity index is 432. The van der Waals surface area contributed by atoms with Crippen LogP contribution in [0.1, 0.15) is 5.56 Å². The van der Waals surface area contributed by atoms with Crippen LogP contribution in [0.15, 0.2) is 36.4 Å². The minimum atomic E-state index is 0.913. The second-order valence-corrected chi connectivity index (χ2v) is 3.22. The average molecular weight is 172 g/mol. The molecule has 0 amide bonds. The topological polar surface area (TPSA) is 9.23 Å². The summed E-state index contributed by atoms with van der Waals surface area (Å²) in [5, 5.41) is 2.49.